The second-order valence-corrected chi connectivity index (χ2v) is 8.17. The largest absolute Gasteiger partial charge is 0.486 e. The summed E-state index contributed by atoms with van der Waals surface area (Å²) in [5.41, 5.74) is 3.16. The number of hydrogen-bond donors (Lipinski definition) is 4. The molecule has 2 aromatic heterocycles. The molecule has 0 atom stereocenters. The second-order valence-electron chi connectivity index (χ2n) is 8.17. The molecule has 182 valence electrons. The molecule has 4 N–H and O–H groups in total. The lowest BCUT2D eigenvalue weighted by Gasteiger charge is -2.19. The van der Waals surface area contributed by atoms with Gasteiger partial charge < -0.3 is 30.7 Å². The molecule has 5 rings (SSSR count). The summed E-state index contributed by atoms with van der Waals surface area (Å²) in [5.74, 6) is 3.88. The molecular formula is C26H25N7O3. The number of hydrogen-bond acceptors (Lipinski definition) is 8. The van der Waals surface area contributed by atoms with Crippen LogP contribution in [-0.2, 0) is 0 Å². The number of rotatable bonds is 6. The minimum Gasteiger partial charge on any atom is -0.486 e. The Balaban J connectivity index is 1.20. The molecule has 0 bridgehead atoms. The Hall–Kier alpha value is -4.86. The third-order valence-corrected chi connectivity index (χ3v) is 5.22. The van der Waals surface area contributed by atoms with E-state index in [1.54, 1.807) is 36.5 Å². The van der Waals surface area contributed by atoms with Crippen LogP contribution in [0.2, 0.25) is 0 Å². The van der Waals surface area contributed by atoms with Crippen LogP contribution in [0.25, 0.3) is 0 Å². The number of fused-ring (bicyclic) bond motifs is 1. The fourth-order valence-corrected chi connectivity index (χ4v) is 3.63. The molecule has 4 aromatic rings. The smallest absolute Gasteiger partial charge is 0.323 e. The van der Waals surface area contributed by atoms with Crippen LogP contribution in [0.4, 0.5) is 39.3 Å². The van der Waals surface area contributed by atoms with Gasteiger partial charge in [0.25, 0.3) is 0 Å². The Morgan fingerprint density at radius 2 is 1.39 bits per heavy atom. The Labute approximate surface area is 208 Å². The van der Waals surface area contributed by atoms with E-state index < -0.39 is 0 Å². The van der Waals surface area contributed by atoms with Crippen LogP contribution in [-0.4, -0.2) is 34.2 Å². The first-order valence-corrected chi connectivity index (χ1v) is 11.4. The molecule has 0 aliphatic carbocycles. The van der Waals surface area contributed by atoms with Gasteiger partial charge in [-0.2, -0.15) is 0 Å². The topological polar surface area (TPSA) is 122 Å². The number of amides is 2. The first kappa shape index (κ1) is 22.9. The highest BCUT2D eigenvalue weighted by molar-refractivity contribution is 6.00. The summed E-state index contributed by atoms with van der Waals surface area (Å²) in [6.07, 6.45) is 1.75. The van der Waals surface area contributed by atoms with Gasteiger partial charge >= 0.3 is 6.03 Å². The third-order valence-electron chi connectivity index (χ3n) is 5.22. The molecule has 1 aliphatic rings. The minimum absolute atomic E-state index is 0.362. The standard InChI is InChI=1S/C26H25N7O3/c1-16-9-10-27-23(13-16)33-25-15-24(28-17(2)29-25)30-18-3-5-19(6-4-18)31-26(34)32-20-7-8-21-22(14-20)36-12-11-35-21/h3-10,13-15H,11-12H2,1-2H3,(H2,31,32,34)(H2,27,28,29,30,33). The molecule has 0 fully saturated rings. The summed E-state index contributed by atoms with van der Waals surface area (Å²) >= 11 is 0. The molecule has 0 spiro atoms. The van der Waals surface area contributed by atoms with E-state index in [0.717, 1.165) is 11.3 Å². The van der Waals surface area contributed by atoms with Crippen molar-refractivity contribution in [2.45, 2.75) is 13.8 Å². The van der Waals surface area contributed by atoms with Crippen molar-refractivity contribution in [1.29, 1.82) is 0 Å². The van der Waals surface area contributed by atoms with Crippen LogP contribution in [0.1, 0.15) is 11.4 Å². The molecule has 0 unspecified atom stereocenters. The van der Waals surface area contributed by atoms with Crippen molar-refractivity contribution in [3.63, 3.8) is 0 Å². The number of nitrogens with zero attached hydrogens (tertiary/aromatic N) is 3. The van der Waals surface area contributed by atoms with Gasteiger partial charge in [0, 0.05) is 35.4 Å². The normalized spacial score (nSPS) is 11.9. The quantitative estimate of drug-likeness (QED) is 0.288. The number of anilines is 6. The average molecular weight is 484 g/mol. The molecule has 36 heavy (non-hydrogen) atoms. The van der Waals surface area contributed by atoms with Crippen molar-refractivity contribution in [1.82, 2.24) is 15.0 Å². The van der Waals surface area contributed by atoms with E-state index >= 15 is 0 Å². The predicted octanol–water partition coefficient (Wildman–Crippen LogP) is 5.39. The van der Waals surface area contributed by atoms with Gasteiger partial charge in [0.1, 0.15) is 36.5 Å². The van der Waals surface area contributed by atoms with Crippen molar-refractivity contribution in [3.8, 4) is 11.5 Å². The van der Waals surface area contributed by atoms with Crippen LogP contribution in [0.5, 0.6) is 11.5 Å². The van der Waals surface area contributed by atoms with E-state index in [0.29, 0.717) is 59.4 Å². The highest BCUT2D eigenvalue weighted by Gasteiger charge is 2.13. The van der Waals surface area contributed by atoms with Gasteiger partial charge in [0.05, 0.1) is 0 Å². The maximum atomic E-state index is 12.4. The van der Waals surface area contributed by atoms with Gasteiger partial charge in [-0.05, 0) is 67.9 Å². The molecule has 2 aromatic carbocycles. The van der Waals surface area contributed by atoms with E-state index in [4.69, 9.17) is 9.47 Å². The minimum atomic E-state index is -0.362. The van der Waals surface area contributed by atoms with E-state index in [1.165, 1.54) is 0 Å². The maximum absolute atomic E-state index is 12.4. The second kappa shape index (κ2) is 10.2. The zero-order valence-electron chi connectivity index (χ0n) is 19.8. The number of carbonyl (C=O) groups excluding carboxylic acids is 1. The Morgan fingerprint density at radius 3 is 2.17 bits per heavy atom. The van der Waals surface area contributed by atoms with Crippen LogP contribution >= 0.6 is 0 Å². The molecule has 10 heteroatoms. The lowest BCUT2D eigenvalue weighted by Crippen LogP contribution is -2.20. The fourth-order valence-electron chi connectivity index (χ4n) is 3.63. The Morgan fingerprint density at radius 1 is 0.722 bits per heavy atom. The first-order valence-electron chi connectivity index (χ1n) is 11.4. The number of nitrogens with one attached hydrogen (secondary N) is 4. The highest BCUT2D eigenvalue weighted by atomic mass is 16.6. The Kier molecular flexibility index (Phi) is 6.48. The van der Waals surface area contributed by atoms with Crippen molar-refractivity contribution in [2.24, 2.45) is 0 Å². The van der Waals surface area contributed by atoms with Gasteiger partial charge in [0.15, 0.2) is 11.5 Å². The summed E-state index contributed by atoms with van der Waals surface area (Å²) in [6.45, 7) is 4.84. The van der Waals surface area contributed by atoms with Crippen molar-refractivity contribution in [3.05, 3.63) is 78.2 Å². The summed E-state index contributed by atoms with van der Waals surface area (Å²) in [4.78, 5) is 25.6. The van der Waals surface area contributed by atoms with E-state index in [9.17, 15) is 4.79 Å². The summed E-state index contributed by atoms with van der Waals surface area (Å²) in [5, 5.41) is 12.1. The predicted molar refractivity (Wildman–Crippen MR) is 139 cm³/mol. The lowest BCUT2D eigenvalue weighted by molar-refractivity contribution is 0.171. The monoisotopic (exact) mass is 483 g/mol. The van der Waals surface area contributed by atoms with Gasteiger partial charge in [-0.3, -0.25) is 0 Å². The molecule has 2 amide bonds. The SMILES string of the molecule is Cc1ccnc(Nc2cc(Nc3ccc(NC(=O)Nc4ccc5c(c4)OCCO5)cc3)nc(C)n2)c1. The first-order chi connectivity index (χ1) is 17.5. The molecule has 0 saturated carbocycles. The molecule has 10 nitrogen and oxygen atoms in total. The molecular weight excluding hydrogens is 458 g/mol. The summed E-state index contributed by atoms with van der Waals surface area (Å²) in [6, 6.07) is 17.9. The zero-order valence-corrected chi connectivity index (χ0v) is 19.8. The van der Waals surface area contributed by atoms with E-state index in [-0.39, 0.29) is 6.03 Å². The van der Waals surface area contributed by atoms with Gasteiger partial charge in [0.2, 0.25) is 0 Å². The number of carbonyl (C=O) groups is 1. The molecule has 0 saturated heterocycles. The number of aromatic nitrogens is 3. The van der Waals surface area contributed by atoms with Crippen molar-refractivity contribution >= 4 is 40.5 Å². The fraction of sp³-hybridized carbons (Fsp3) is 0.154. The molecule has 1 aliphatic heterocycles. The van der Waals surface area contributed by atoms with Gasteiger partial charge in [-0.15, -0.1) is 0 Å². The number of pyridine rings is 1. The Bertz CT molecular complexity index is 1390. The number of urea groups is 1. The third kappa shape index (κ3) is 5.79. The molecule has 0 radical (unpaired) electrons. The van der Waals surface area contributed by atoms with Crippen molar-refractivity contribution < 1.29 is 14.3 Å². The van der Waals surface area contributed by atoms with E-state index in [2.05, 4.69) is 36.2 Å². The number of benzene rings is 2. The zero-order chi connectivity index (χ0) is 24.9. The van der Waals surface area contributed by atoms with Gasteiger partial charge in [-0.1, -0.05) is 0 Å². The van der Waals surface area contributed by atoms with Crippen LogP contribution in [0.15, 0.2) is 66.9 Å². The van der Waals surface area contributed by atoms with Crippen LogP contribution in [0.3, 0.4) is 0 Å². The van der Waals surface area contributed by atoms with E-state index in [1.807, 2.05) is 44.2 Å². The number of ether oxygens (including phenoxy) is 2. The average Bonchev–Trinajstić information content (AvgIpc) is 2.85. The summed E-state index contributed by atoms with van der Waals surface area (Å²) in [7, 11) is 0. The lowest BCUT2D eigenvalue weighted by atomic mass is 10.2. The van der Waals surface area contributed by atoms with Crippen molar-refractivity contribution in [2.75, 3.05) is 34.5 Å². The van der Waals surface area contributed by atoms with Gasteiger partial charge in [-0.25, -0.2) is 19.7 Å². The maximum Gasteiger partial charge on any atom is 0.323 e. The summed E-state index contributed by atoms with van der Waals surface area (Å²) < 4.78 is 11.1. The molecule has 3 heterocycles. The highest BCUT2D eigenvalue weighted by Crippen LogP contribution is 2.32. The van der Waals surface area contributed by atoms with Crippen LogP contribution < -0.4 is 30.7 Å². The van der Waals surface area contributed by atoms with Crippen LogP contribution in [0, 0.1) is 13.8 Å². The number of aryl methyl sites for hydroxylation is 2.